The van der Waals surface area contributed by atoms with Gasteiger partial charge in [0.1, 0.15) is 0 Å². The molecule has 138 valence electrons. The van der Waals surface area contributed by atoms with Gasteiger partial charge in [-0.1, -0.05) is 41.1 Å². The summed E-state index contributed by atoms with van der Waals surface area (Å²) in [6, 6.07) is 11.1. The molecule has 25 heavy (non-hydrogen) atoms. The third-order valence-electron chi connectivity index (χ3n) is 6.16. The first-order valence-corrected chi connectivity index (χ1v) is 10.6. The monoisotopic (exact) mass is 406 g/mol. The van der Waals surface area contributed by atoms with E-state index in [1.165, 1.54) is 12.8 Å². The van der Waals surface area contributed by atoms with Crippen LogP contribution in [0.3, 0.4) is 0 Å². The quantitative estimate of drug-likeness (QED) is 0.676. The molecule has 0 saturated heterocycles. The highest BCUT2D eigenvalue weighted by Crippen LogP contribution is 2.38. The van der Waals surface area contributed by atoms with Gasteiger partial charge in [-0.25, -0.2) is 0 Å². The minimum absolute atomic E-state index is 0.143. The molecule has 3 nitrogen and oxygen atoms in total. The van der Waals surface area contributed by atoms with Gasteiger partial charge < -0.3 is 9.80 Å². The first-order valence-electron chi connectivity index (χ1n) is 9.67. The summed E-state index contributed by atoms with van der Waals surface area (Å²) in [6.07, 6.45) is 6.60. The molecule has 1 aromatic rings. The van der Waals surface area contributed by atoms with Gasteiger partial charge in [-0.3, -0.25) is 4.79 Å². The highest BCUT2D eigenvalue weighted by Gasteiger charge is 2.40. The molecule has 4 heteroatoms. The molecule has 0 bridgehead atoms. The second kappa shape index (κ2) is 8.22. The van der Waals surface area contributed by atoms with Crippen molar-refractivity contribution in [2.75, 3.05) is 19.0 Å². The second-order valence-corrected chi connectivity index (χ2v) is 9.25. The number of para-hydroxylation sites is 1. The van der Waals surface area contributed by atoms with Crippen LogP contribution in [0.5, 0.6) is 0 Å². The molecule has 2 aliphatic carbocycles. The lowest BCUT2D eigenvalue weighted by Crippen LogP contribution is -2.52. The Morgan fingerprint density at radius 1 is 1.04 bits per heavy atom. The van der Waals surface area contributed by atoms with Crippen molar-refractivity contribution in [1.82, 2.24) is 4.90 Å². The Bertz CT molecular complexity index is 577. The van der Waals surface area contributed by atoms with Crippen molar-refractivity contribution in [2.45, 2.75) is 62.4 Å². The number of nitrogens with zero attached hydrogens (tertiary/aromatic N) is 2. The van der Waals surface area contributed by atoms with Gasteiger partial charge in [-0.2, -0.15) is 0 Å². The standard InChI is InChI=1S/C21H31BrN2O/c1-15-12-13-16(14-18(15)22)21(25)24(17-8-5-4-6-9-17)20-11-7-10-19(20)23(2)3/h4-6,8-9,15-16,18-20H,7,10-14H2,1-3H3. The zero-order chi connectivity index (χ0) is 18.0. The predicted molar refractivity (Wildman–Crippen MR) is 108 cm³/mol. The van der Waals surface area contributed by atoms with Crippen molar-refractivity contribution in [2.24, 2.45) is 11.8 Å². The molecule has 5 unspecified atom stereocenters. The molecule has 0 N–H and O–H groups in total. The van der Waals surface area contributed by atoms with E-state index in [9.17, 15) is 4.79 Å². The van der Waals surface area contributed by atoms with E-state index < -0.39 is 0 Å². The molecule has 0 aromatic heterocycles. The Hall–Kier alpha value is -0.870. The maximum atomic E-state index is 13.6. The molecule has 1 aromatic carbocycles. The van der Waals surface area contributed by atoms with Gasteiger partial charge >= 0.3 is 0 Å². The number of hydrogen-bond donors (Lipinski definition) is 0. The molecule has 0 radical (unpaired) electrons. The number of rotatable bonds is 4. The van der Waals surface area contributed by atoms with Gasteiger partial charge in [0.25, 0.3) is 0 Å². The van der Waals surface area contributed by atoms with Crippen LogP contribution < -0.4 is 4.90 Å². The first-order chi connectivity index (χ1) is 12.0. The molecule has 1 amide bonds. The third-order valence-corrected chi connectivity index (χ3v) is 7.43. The number of benzene rings is 1. The number of hydrogen-bond acceptors (Lipinski definition) is 2. The molecule has 2 fully saturated rings. The SMILES string of the molecule is CC1CCC(C(=O)N(c2ccccc2)C2CCCC2N(C)C)CC1Br. The van der Waals surface area contributed by atoms with Crippen LogP contribution in [-0.4, -0.2) is 41.8 Å². The van der Waals surface area contributed by atoms with Crippen molar-refractivity contribution in [3.8, 4) is 0 Å². The highest BCUT2D eigenvalue weighted by molar-refractivity contribution is 9.09. The summed E-state index contributed by atoms with van der Waals surface area (Å²) >= 11 is 3.81. The minimum atomic E-state index is 0.143. The summed E-state index contributed by atoms with van der Waals surface area (Å²) in [6.45, 7) is 2.29. The van der Waals surface area contributed by atoms with Crippen molar-refractivity contribution >= 4 is 27.5 Å². The lowest BCUT2D eigenvalue weighted by Gasteiger charge is -2.40. The summed E-state index contributed by atoms with van der Waals surface area (Å²) in [4.78, 5) is 18.5. The molecular weight excluding hydrogens is 376 g/mol. The van der Waals surface area contributed by atoms with Gasteiger partial charge in [0.05, 0.1) is 6.04 Å². The maximum Gasteiger partial charge on any atom is 0.230 e. The van der Waals surface area contributed by atoms with E-state index in [1.807, 2.05) is 18.2 Å². The normalized spacial score (nSPS) is 32.8. The Labute approximate surface area is 160 Å². The molecule has 2 aliphatic rings. The summed E-state index contributed by atoms with van der Waals surface area (Å²) in [5, 5.41) is 0. The molecule has 0 aliphatic heterocycles. The van der Waals surface area contributed by atoms with E-state index in [2.05, 4.69) is 58.9 Å². The van der Waals surface area contributed by atoms with E-state index in [0.717, 1.165) is 31.4 Å². The number of carbonyl (C=O) groups is 1. The van der Waals surface area contributed by atoms with E-state index in [0.29, 0.717) is 22.7 Å². The van der Waals surface area contributed by atoms with Crippen LogP contribution in [-0.2, 0) is 4.79 Å². The molecular formula is C21H31BrN2O. The van der Waals surface area contributed by atoms with Crippen LogP contribution in [0.4, 0.5) is 5.69 Å². The highest BCUT2D eigenvalue weighted by atomic mass is 79.9. The number of likely N-dealkylation sites (N-methyl/N-ethyl adjacent to an activating group) is 1. The lowest BCUT2D eigenvalue weighted by molar-refractivity contribution is -0.124. The Morgan fingerprint density at radius 2 is 1.72 bits per heavy atom. The summed E-state index contributed by atoms with van der Waals surface area (Å²) < 4.78 is 0. The van der Waals surface area contributed by atoms with Crippen LogP contribution in [0.1, 0.15) is 45.4 Å². The van der Waals surface area contributed by atoms with Gasteiger partial charge in [-0.05, 0) is 70.7 Å². The lowest BCUT2D eigenvalue weighted by atomic mass is 9.82. The van der Waals surface area contributed by atoms with Crippen LogP contribution >= 0.6 is 15.9 Å². The zero-order valence-corrected chi connectivity index (χ0v) is 17.3. The molecule has 5 atom stereocenters. The van der Waals surface area contributed by atoms with Crippen molar-refractivity contribution in [3.05, 3.63) is 30.3 Å². The number of halogens is 1. The third kappa shape index (κ3) is 4.11. The van der Waals surface area contributed by atoms with E-state index in [-0.39, 0.29) is 12.0 Å². The van der Waals surface area contributed by atoms with Crippen molar-refractivity contribution in [1.29, 1.82) is 0 Å². The number of amides is 1. The van der Waals surface area contributed by atoms with E-state index in [1.54, 1.807) is 0 Å². The molecule has 0 heterocycles. The van der Waals surface area contributed by atoms with Crippen LogP contribution in [0.15, 0.2) is 30.3 Å². The Balaban J connectivity index is 1.88. The number of anilines is 1. The number of alkyl halides is 1. The fourth-order valence-corrected chi connectivity index (χ4v) is 5.30. The van der Waals surface area contributed by atoms with Gasteiger partial charge in [0.15, 0.2) is 0 Å². The van der Waals surface area contributed by atoms with Crippen LogP contribution in [0.2, 0.25) is 0 Å². The topological polar surface area (TPSA) is 23.6 Å². The van der Waals surface area contributed by atoms with Crippen molar-refractivity contribution in [3.63, 3.8) is 0 Å². The smallest absolute Gasteiger partial charge is 0.230 e. The first kappa shape index (κ1) is 18.9. The van der Waals surface area contributed by atoms with Gasteiger partial charge in [-0.15, -0.1) is 0 Å². The van der Waals surface area contributed by atoms with Crippen LogP contribution in [0.25, 0.3) is 0 Å². The molecule has 2 saturated carbocycles. The second-order valence-electron chi connectivity index (χ2n) is 8.08. The Kier molecular flexibility index (Phi) is 6.21. The average Bonchev–Trinajstić information content (AvgIpc) is 3.08. The van der Waals surface area contributed by atoms with Gasteiger partial charge in [0, 0.05) is 22.5 Å². The Morgan fingerprint density at radius 3 is 2.36 bits per heavy atom. The van der Waals surface area contributed by atoms with Crippen molar-refractivity contribution < 1.29 is 4.79 Å². The molecule has 3 rings (SSSR count). The summed E-state index contributed by atoms with van der Waals surface area (Å²) in [5.41, 5.74) is 1.07. The van der Waals surface area contributed by atoms with E-state index in [4.69, 9.17) is 0 Å². The summed E-state index contributed by atoms with van der Waals surface area (Å²) in [5.74, 6) is 1.14. The fraction of sp³-hybridized carbons (Fsp3) is 0.667. The van der Waals surface area contributed by atoms with E-state index >= 15 is 0 Å². The maximum absolute atomic E-state index is 13.6. The fourth-order valence-electron chi connectivity index (χ4n) is 4.58. The minimum Gasteiger partial charge on any atom is -0.308 e. The zero-order valence-electron chi connectivity index (χ0n) is 15.7. The number of carbonyl (C=O) groups excluding carboxylic acids is 1. The predicted octanol–water partition coefficient (Wildman–Crippen LogP) is 4.70. The largest absolute Gasteiger partial charge is 0.308 e. The van der Waals surface area contributed by atoms with Crippen LogP contribution in [0, 0.1) is 11.8 Å². The molecule has 0 spiro atoms. The summed E-state index contributed by atoms with van der Waals surface area (Å²) in [7, 11) is 4.29. The van der Waals surface area contributed by atoms with Gasteiger partial charge in [0.2, 0.25) is 5.91 Å². The average molecular weight is 407 g/mol.